The Bertz CT molecular complexity index is 1220. The lowest BCUT2D eigenvalue weighted by Gasteiger charge is -2.04. The summed E-state index contributed by atoms with van der Waals surface area (Å²) in [5.41, 5.74) is 3.61. The van der Waals surface area contributed by atoms with Gasteiger partial charge in [0.2, 0.25) is 0 Å². The van der Waals surface area contributed by atoms with Crippen molar-refractivity contribution >= 4 is 0 Å². The molecule has 0 radical (unpaired) electrons. The van der Waals surface area contributed by atoms with Gasteiger partial charge in [-0.3, -0.25) is 0 Å². The molecule has 39 heavy (non-hydrogen) atoms. The molecule has 2 aromatic heterocycles. The van der Waals surface area contributed by atoms with Gasteiger partial charge in [0.25, 0.3) is 0 Å². The van der Waals surface area contributed by atoms with Crippen LogP contribution < -0.4 is 0 Å². The van der Waals surface area contributed by atoms with E-state index in [1.165, 1.54) is 24.3 Å². The van der Waals surface area contributed by atoms with Gasteiger partial charge in [0.15, 0.2) is 23.3 Å². The summed E-state index contributed by atoms with van der Waals surface area (Å²) in [5, 5.41) is 0. The van der Waals surface area contributed by atoms with Gasteiger partial charge in [0, 0.05) is 38.7 Å². The Hall–Kier alpha value is -3.46. The van der Waals surface area contributed by atoms with Crippen molar-refractivity contribution in [1.82, 2.24) is 19.1 Å². The Kier molecular flexibility index (Phi) is 10.7. The monoisotopic (exact) mass is 542 g/mol. The lowest BCUT2D eigenvalue weighted by Crippen LogP contribution is -2.01. The highest BCUT2D eigenvalue weighted by atomic mass is 19.2. The largest absolute Gasteiger partial charge is 0.381 e. The first-order valence-electron chi connectivity index (χ1n) is 13.4. The summed E-state index contributed by atoms with van der Waals surface area (Å²) in [6.45, 7) is 2.88. The normalized spacial score (nSPS) is 11.4. The van der Waals surface area contributed by atoms with Gasteiger partial charge in [-0.25, -0.2) is 27.5 Å². The lowest BCUT2D eigenvalue weighted by atomic mass is 10.1. The fourth-order valence-corrected chi connectivity index (χ4v) is 4.45. The highest BCUT2D eigenvalue weighted by Crippen LogP contribution is 2.13. The molecule has 4 rings (SSSR count). The van der Waals surface area contributed by atoms with Crippen LogP contribution in [-0.2, 0) is 43.5 Å². The Morgan fingerprint density at radius 2 is 1.03 bits per heavy atom. The van der Waals surface area contributed by atoms with Gasteiger partial charge in [0.05, 0.1) is 24.0 Å². The third-order valence-electron chi connectivity index (χ3n) is 6.55. The summed E-state index contributed by atoms with van der Waals surface area (Å²) >= 11 is 0. The number of imidazole rings is 2. The molecule has 0 amide bonds. The SMILES string of the molecule is Fc1ccc(CCCn2cnc(CCCOCCCc3cn(CCCc4ccc(F)c(F)c4)cn3)c2)cc1F. The summed E-state index contributed by atoms with van der Waals surface area (Å²) in [4.78, 5) is 8.89. The molecule has 0 spiro atoms. The standard InChI is InChI=1S/C30H34F4N4O/c31-27-11-9-23(17-29(27)33)5-1-13-37-19-25(35-21-37)7-3-15-39-16-4-8-26-20-38(22-36-26)14-2-6-24-10-12-28(32)30(34)18-24/h9-12,17-22H,1-8,13-16H2. The van der Waals surface area contributed by atoms with E-state index < -0.39 is 23.3 Å². The van der Waals surface area contributed by atoms with Crippen LogP contribution in [0.2, 0.25) is 0 Å². The maximum atomic E-state index is 13.3. The Morgan fingerprint density at radius 3 is 1.46 bits per heavy atom. The highest BCUT2D eigenvalue weighted by molar-refractivity contribution is 5.18. The highest BCUT2D eigenvalue weighted by Gasteiger charge is 2.05. The molecule has 208 valence electrons. The zero-order chi connectivity index (χ0) is 27.5. The van der Waals surface area contributed by atoms with Gasteiger partial charge in [-0.15, -0.1) is 0 Å². The van der Waals surface area contributed by atoms with Gasteiger partial charge in [0.1, 0.15) is 0 Å². The minimum atomic E-state index is -0.817. The van der Waals surface area contributed by atoms with Gasteiger partial charge in [-0.05, 0) is 86.8 Å². The number of aromatic nitrogens is 4. The summed E-state index contributed by atoms with van der Waals surface area (Å²) in [6, 6.07) is 8.09. The van der Waals surface area contributed by atoms with Crippen molar-refractivity contribution in [2.24, 2.45) is 0 Å². The number of benzene rings is 2. The fraction of sp³-hybridized carbons (Fsp3) is 0.400. The smallest absolute Gasteiger partial charge is 0.159 e. The second kappa shape index (κ2) is 14.6. The van der Waals surface area contributed by atoms with Crippen LogP contribution in [0.25, 0.3) is 0 Å². The van der Waals surface area contributed by atoms with Gasteiger partial charge >= 0.3 is 0 Å². The van der Waals surface area contributed by atoms with Gasteiger partial charge in [-0.1, -0.05) is 12.1 Å². The van der Waals surface area contributed by atoms with E-state index in [9.17, 15) is 17.6 Å². The molecule has 9 heteroatoms. The molecule has 0 aliphatic rings. The quantitative estimate of drug-likeness (QED) is 0.120. The molecule has 2 heterocycles. The molecule has 0 N–H and O–H groups in total. The van der Waals surface area contributed by atoms with E-state index in [-0.39, 0.29) is 0 Å². The molecular weight excluding hydrogens is 508 g/mol. The molecule has 0 aliphatic carbocycles. The predicted molar refractivity (Wildman–Crippen MR) is 141 cm³/mol. The molecular formula is C30H34F4N4O. The van der Waals surface area contributed by atoms with Crippen LogP contribution in [0.5, 0.6) is 0 Å². The minimum Gasteiger partial charge on any atom is -0.381 e. The van der Waals surface area contributed by atoms with E-state index >= 15 is 0 Å². The molecule has 5 nitrogen and oxygen atoms in total. The van der Waals surface area contributed by atoms with Crippen molar-refractivity contribution in [2.45, 2.75) is 64.5 Å². The van der Waals surface area contributed by atoms with Gasteiger partial charge in [-0.2, -0.15) is 0 Å². The lowest BCUT2D eigenvalue weighted by molar-refractivity contribution is 0.129. The zero-order valence-corrected chi connectivity index (χ0v) is 22.0. The second-order valence-electron chi connectivity index (χ2n) is 9.73. The number of aryl methyl sites for hydroxylation is 6. The van der Waals surface area contributed by atoms with Crippen molar-refractivity contribution in [3.63, 3.8) is 0 Å². The predicted octanol–water partition coefficient (Wildman–Crippen LogP) is 6.48. The van der Waals surface area contributed by atoms with Crippen LogP contribution in [0.1, 0.15) is 48.2 Å². The first-order valence-corrected chi connectivity index (χ1v) is 13.4. The van der Waals surface area contributed by atoms with Crippen LogP contribution in [0, 0.1) is 23.3 Å². The van der Waals surface area contributed by atoms with E-state index in [2.05, 4.69) is 9.97 Å². The molecule has 0 atom stereocenters. The summed E-state index contributed by atoms with van der Waals surface area (Å²) in [6.07, 6.45) is 14.1. The van der Waals surface area contributed by atoms with E-state index in [0.717, 1.165) is 74.1 Å². The summed E-state index contributed by atoms with van der Waals surface area (Å²) < 4.78 is 62.5. The molecule has 0 saturated heterocycles. The number of nitrogens with zero attached hydrogens (tertiary/aromatic N) is 4. The van der Waals surface area contributed by atoms with Crippen LogP contribution in [0.15, 0.2) is 61.4 Å². The van der Waals surface area contributed by atoms with Crippen molar-refractivity contribution in [3.05, 3.63) is 107 Å². The Labute approximate surface area is 226 Å². The van der Waals surface area contributed by atoms with Gasteiger partial charge < -0.3 is 13.9 Å². The summed E-state index contributed by atoms with van der Waals surface area (Å²) in [7, 11) is 0. The number of hydrogen-bond acceptors (Lipinski definition) is 3. The molecule has 4 aromatic rings. The number of hydrogen-bond donors (Lipinski definition) is 0. The molecule has 0 unspecified atom stereocenters. The third kappa shape index (κ3) is 9.35. The first-order chi connectivity index (χ1) is 19.0. The average molecular weight is 543 g/mol. The molecule has 0 bridgehead atoms. The van der Waals surface area contributed by atoms with Crippen molar-refractivity contribution in [2.75, 3.05) is 13.2 Å². The van der Waals surface area contributed by atoms with E-state index in [1.54, 1.807) is 12.1 Å². The second-order valence-corrected chi connectivity index (χ2v) is 9.73. The third-order valence-corrected chi connectivity index (χ3v) is 6.55. The van der Waals surface area contributed by atoms with Crippen molar-refractivity contribution < 1.29 is 22.3 Å². The number of halogens is 4. The average Bonchev–Trinajstić information content (AvgIpc) is 3.57. The Balaban J connectivity index is 1.03. The topological polar surface area (TPSA) is 44.9 Å². The molecule has 0 aliphatic heterocycles. The van der Waals surface area contributed by atoms with Crippen LogP contribution in [-0.4, -0.2) is 32.3 Å². The van der Waals surface area contributed by atoms with Crippen LogP contribution in [0.3, 0.4) is 0 Å². The van der Waals surface area contributed by atoms with Crippen LogP contribution in [0.4, 0.5) is 17.6 Å². The maximum Gasteiger partial charge on any atom is 0.159 e. The maximum absolute atomic E-state index is 13.3. The van der Waals surface area contributed by atoms with Crippen molar-refractivity contribution in [1.29, 1.82) is 0 Å². The van der Waals surface area contributed by atoms with Crippen molar-refractivity contribution in [3.8, 4) is 0 Å². The van der Waals surface area contributed by atoms with Crippen LogP contribution >= 0.6 is 0 Å². The number of ether oxygens (including phenoxy) is 1. The number of rotatable bonds is 16. The first kappa shape index (κ1) is 28.5. The fourth-order valence-electron chi connectivity index (χ4n) is 4.45. The Morgan fingerprint density at radius 1 is 0.564 bits per heavy atom. The van der Waals surface area contributed by atoms with E-state index in [1.807, 2.05) is 34.2 Å². The summed E-state index contributed by atoms with van der Waals surface area (Å²) in [5.74, 6) is -3.24. The molecule has 0 saturated carbocycles. The minimum absolute atomic E-state index is 0.668. The molecule has 2 aromatic carbocycles. The molecule has 0 fully saturated rings. The zero-order valence-electron chi connectivity index (χ0n) is 22.0. The van der Waals surface area contributed by atoms with E-state index in [4.69, 9.17) is 4.74 Å². The van der Waals surface area contributed by atoms with E-state index in [0.29, 0.717) is 26.1 Å².